The lowest BCUT2D eigenvalue weighted by molar-refractivity contribution is 0.142. The Morgan fingerprint density at radius 3 is 2.86 bits per heavy atom. The molecule has 1 aromatic carbocycles. The number of nitrogens with zero attached hydrogens (tertiary/aromatic N) is 1. The number of rotatable bonds is 7. The number of aliphatic hydroxyl groups excluding tert-OH is 1. The summed E-state index contributed by atoms with van der Waals surface area (Å²) >= 11 is 0. The van der Waals surface area contributed by atoms with Crippen molar-refractivity contribution in [3.05, 3.63) is 83.2 Å². The number of hydrogen-bond donors (Lipinski definition) is 4. The summed E-state index contributed by atoms with van der Waals surface area (Å²) in [6, 6.07) is 2.38. The van der Waals surface area contributed by atoms with E-state index in [1.54, 1.807) is 25.1 Å². The van der Waals surface area contributed by atoms with Gasteiger partial charge in [-0.15, -0.1) is 0 Å². The first-order valence-corrected chi connectivity index (χ1v) is 10.9. The van der Waals surface area contributed by atoms with Crippen LogP contribution in [0.5, 0.6) is 5.75 Å². The molecule has 188 valence electrons. The topological polar surface area (TPSA) is 114 Å². The van der Waals surface area contributed by atoms with E-state index in [0.29, 0.717) is 46.4 Å². The molecule has 1 saturated carbocycles. The van der Waals surface area contributed by atoms with Crippen molar-refractivity contribution in [3.63, 3.8) is 0 Å². The Morgan fingerprint density at radius 1 is 1.33 bits per heavy atom. The number of carbonyl (C=O) groups excluding carboxylic acids is 1. The third-order valence-corrected chi connectivity index (χ3v) is 5.91. The monoisotopic (exact) mass is 502 g/mol. The van der Waals surface area contributed by atoms with Crippen molar-refractivity contribution in [2.45, 2.75) is 32.0 Å². The number of carbonyl (C=O) groups is 1. The fourth-order valence-corrected chi connectivity index (χ4v) is 4.07. The molecule has 0 spiro atoms. The van der Waals surface area contributed by atoms with E-state index in [0.717, 1.165) is 0 Å². The lowest BCUT2D eigenvalue weighted by Crippen LogP contribution is -2.40. The lowest BCUT2D eigenvalue weighted by atomic mass is 10.1. The van der Waals surface area contributed by atoms with Gasteiger partial charge in [-0.05, 0) is 30.7 Å². The highest BCUT2D eigenvalue weighted by Gasteiger charge is 2.60. The SMILES string of the molecule is C=C1/C(=C\C=C(/C)Oc2ccnc3c2COC(=O)N3)O[C@@H]2[C@@H](NC(O)Nc3cc(F)c(F)cc3F)[C@H]12. The van der Waals surface area contributed by atoms with E-state index < -0.39 is 29.9 Å². The number of allylic oxidation sites excluding steroid dienone is 4. The smallest absolute Gasteiger partial charge is 0.413 e. The molecule has 1 aromatic heterocycles. The van der Waals surface area contributed by atoms with Gasteiger partial charge in [-0.2, -0.15) is 0 Å². The number of anilines is 2. The number of aliphatic hydroxyl groups is 1. The molecule has 0 radical (unpaired) electrons. The third-order valence-electron chi connectivity index (χ3n) is 5.91. The van der Waals surface area contributed by atoms with E-state index in [1.165, 1.54) is 6.20 Å². The maximum absolute atomic E-state index is 13.8. The molecule has 9 nitrogen and oxygen atoms in total. The summed E-state index contributed by atoms with van der Waals surface area (Å²) in [5.41, 5.74) is 0.930. The highest BCUT2D eigenvalue weighted by atomic mass is 19.2. The van der Waals surface area contributed by atoms with Crippen LogP contribution in [0.15, 0.2) is 60.2 Å². The van der Waals surface area contributed by atoms with E-state index >= 15 is 0 Å². The molecular formula is C24H21F3N4O5. The minimum Gasteiger partial charge on any atom is -0.488 e. The number of fused-ring (bicyclic) bond motifs is 2. The Labute approximate surface area is 203 Å². The highest BCUT2D eigenvalue weighted by molar-refractivity contribution is 5.86. The van der Waals surface area contributed by atoms with E-state index in [-0.39, 0.29) is 30.4 Å². The molecule has 2 fully saturated rings. The number of pyridine rings is 1. The molecule has 0 bridgehead atoms. The van der Waals surface area contributed by atoms with Gasteiger partial charge >= 0.3 is 6.09 Å². The molecule has 1 aliphatic carbocycles. The predicted octanol–water partition coefficient (Wildman–Crippen LogP) is 3.66. The van der Waals surface area contributed by atoms with Crippen molar-refractivity contribution in [1.82, 2.24) is 10.3 Å². The van der Waals surface area contributed by atoms with Crippen LogP contribution in [0.3, 0.4) is 0 Å². The van der Waals surface area contributed by atoms with Gasteiger partial charge in [0.05, 0.1) is 17.3 Å². The number of hydrogen-bond acceptors (Lipinski definition) is 8. The van der Waals surface area contributed by atoms with Crippen molar-refractivity contribution >= 4 is 17.6 Å². The lowest BCUT2D eigenvalue weighted by Gasteiger charge is -2.19. The molecular weight excluding hydrogens is 481 g/mol. The van der Waals surface area contributed by atoms with Gasteiger partial charge in [0, 0.05) is 24.2 Å². The number of cyclic esters (lactones) is 1. The van der Waals surface area contributed by atoms with Crippen molar-refractivity contribution in [3.8, 4) is 5.75 Å². The van der Waals surface area contributed by atoms with Gasteiger partial charge in [-0.3, -0.25) is 10.6 Å². The van der Waals surface area contributed by atoms with E-state index in [4.69, 9.17) is 14.2 Å². The van der Waals surface area contributed by atoms with Gasteiger partial charge in [0.25, 0.3) is 0 Å². The summed E-state index contributed by atoms with van der Waals surface area (Å²) < 4.78 is 56.9. The molecule has 4 N–H and O–H groups in total. The van der Waals surface area contributed by atoms with E-state index in [1.807, 2.05) is 0 Å². The largest absolute Gasteiger partial charge is 0.488 e. The Balaban J connectivity index is 1.17. The fourth-order valence-electron chi connectivity index (χ4n) is 4.07. The zero-order valence-electron chi connectivity index (χ0n) is 18.8. The molecule has 2 aromatic rings. The first-order valence-electron chi connectivity index (χ1n) is 10.9. The summed E-state index contributed by atoms with van der Waals surface area (Å²) in [7, 11) is 0. The third kappa shape index (κ3) is 4.60. The average Bonchev–Trinajstić information content (AvgIpc) is 3.38. The van der Waals surface area contributed by atoms with Crippen LogP contribution in [0, 0.1) is 23.4 Å². The number of amides is 1. The number of halogens is 3. The van der Waals surface area contributed by atoms with Gasteiger partial charge in [-0.25, -0.2) is 22.9 Å². The molecule has 2 aliphatic heterocycles. The molecule has 3 heterocycles. The van der Waals surface area contributed by atoms with Crippen LogP contribution < -0.4 is 20.7 Å². The minimum absolute atomic E-state index is 0.0415. The molecule has 3 aliphatic rings. The van der Waals surface area contributed by atoms with Crippen LogP contribution in [-0.2, 0) is 16.1 Å². The number of aromatic nitrogens is 1. The Bertz CT molecular complexity index is 1310. The first-order chi connectivity index (χ1) is 17.2. The Kier molecular flexibility index (Phi) is 6.06. The second kappa shape index (κ2) is 9.21. The van der Waals surface area contributed by atoms with Gasteiger partial charge in [-0.1, -0.05) is 6.58 Å². The van der Waals surface area contributed by atoms with Crippen molar-refractivity contribution in [2.24, 2.45) is 5.92 Å². The standard InChI is InChI=1S/C24H21F3N4O5/c1-10(35-18-5-6-28-22-12(18)9-34-24(33)31-22)3-4-17-11(2)19-20(21(19)36-17)30-23(32)29-16-8-14(26)13(25)7-15(16)27/h3-8,19-21,23,29-30,32H,2,9H2,1H3,(H,28,31,33)/b10-3+,17-4+/t19-,20-,21-,23?/m0/s1. The van der Waals surface area contributed by atoms with Crippen molar-refractivity contribution in [1.29, 1.82) is 0 Å². The predicted molar refractivity (Wildman–Crippen MR) is 121 cm³/mol. The average molecular weight is 502 g/mol. The van der Waals surface area contributed by atoms with Crippen LogP contribution in [0.1, 0.15) is 12.5 Å². The number of benzene rings is 1. The molecule has 36 heavy (non-hydrogen) atoms. The van der Waals surface area contributed by atoms with Crippen molar-refractivity contribution in [2.75, 3.05) is 10.6 Å². The number of nitrogens with one attached hydrogen (secondary N) is 3. The second-order valence-corrected chi connectivity index (χ2v) is 8.37. The van der Waals surface area contributed by atoms with Crippen LogP contribution in [0.2, 0.25) is 0 Å². The minimum atomic E-state index is -1.43. The molecule has 5 rings (SSSR count). The van der Waals surface area contributed by atoms with Crippen LogP contribution in [0.25, 0.3) is 0 Å². The van der Waals surface area contributed by atoms with Crippen molar-refractivity contribution < 1.29 is 37.3 Å². The molecule has 1 amide bonds. The van der Waals surface area contributed by atoms with Gasteiger partial charge in [0.15, 0.2) is 18.0 Å². The zero-order chi connectivity index (χ0) is 25.6. The summed E-state index contributed by atoms with van der Waals surface area (Å²) in [6.07, 6.45) is 2.62. The fraction of sp³-hybridized carbons (Fsp3) is 0.250. The highest BCUT2D eigenvalue weighted by Crippen LogP contribution is 2.51. The quantitative estimate of drug-likeness (QED) is 0.258. The maximum atomic E-state index is 13.8. The summed E-state index contributed by atoms with van der Waals surface area (Å²) in [5, 5.41) is 17.8. The molecule has 1 unspecified atom stereocenters. The molecule has 1 saturated heterocycles. The van der Waals surface area contributed by atoms with Gasteiger partial charge < -0.3 is 24.6 Å². The van der Waals surface area contributed by atoms with Crippen LogP contribution >= 0.6 is 0 Å². The molecule has 12 heteroatoms. The first kappa shape index (κ1) is 23.7. The zero-order valence-corrected chi connectivity index (χ0v) is 18.8. The summed E-state index contributed by atoms with van der Waals surface area (Å²) in [6.45, 7) is 5.83. The Morgan fingerprint density at radius 2 is 2.11 bits per heavy atom. The van der Waals surface area contributed by atoms with Gasteiger partial charge in [0.2, 0.25) is 0 Å². The summed E-state index contributed by atoms with van der Waals surface area (Å²) in [4.78, 5) is 15.5. The summed E-state index contributed by atoms with van der Waals surface area (Å²) in [5.74, 6) is -1.76. The van der Waals surface area contributed by atoms with Crippen LogP contribution in [0.4, 0.5) is 29.5 Å². The van der Waals surface area contributed by atoms with Gasteiger partial charge in [0.1, 0.15) is 41.6 Å². The van der Waals surface area contributed by atoms with Crippen LogP contribution in [-0.4, -0.2) is 34.7 Å². The van der Waals surface area contributed by atoms with E-state index in [9.17, 15) is 23.1 Å². The number of ether oxygens (including phenoxy) is 3. The maximum Gasteiger partial charge on any atom is 0.413 e. The Hall–Kier alpha value is -4.03. The normalized spacial score (nSPS) is 24.3. The van der Waals surface area contributed by atoms with E-state index in [2.05, 4.69) is 27.5 Å². The second-order valence-electron chi connectivity index (χ2n) is 8.37. The molecule has 4 atom stereocenters.